The summed E-state index contributed by atoms with van der Waals surface area (Å²) in [5.74, 6) is 0.705. The molecule has 0 amide bonds. The first-order valence-electron chi connectivity index (χ1n) is 2.84. The predicted molar refractivity (Wildman–Crippen MR) is 33.9 cm³/mol. The van der Waals surface area contributed by atoms with Crippen LogP contribution in [-0.4, -0.2) is 8.42 Å². The van der Waals surface area contributed by atoms with Crippen molar-refractivity contribution in [3.05, 3.63) is 5.75 Å². The molecule has 0 saturated heterocycles. The first-order valence-corrected chi connectivity index (χ1v) is 4.29. The van der Waals surface area contributed by atoms with Gasteiger partial charge in [0.1, 0.15) is 5.75 Å². The lowest BCUT2D eigenvalue weighted by Crippen LogP contribution is -1.89. The molecule has 0 saturated carbocycles. The lowest BCUT2D eigenvalue weighted by Gasteiger charge is -1.90. The van der Waals surface area contributed by atoms with Gasteiger partial charge in [-0.25, -0.2) is 0 Å². The molecular weight excluding hydrogens is 143 g/mol. The molecule has 0 unspecified atom stereocenters. The first-order chi connectivity index (χ1) is 4.06. The SMILES string of the molecule is CCCC[CH]S(=O)(=O)F. The minimum atomic E-state index is -4.32. The normalized spacial score (nSPS) is 11.8. The van der Waals surface area contributed by atoms with Gasteiger partial charge in [-0.3, -0.25) is 0 Å². The summed E-state index contributed by atoms with van der Waals surface area (Å²) in [5.41, 5.74) is 0. The van der Waals surface area contributed by atoms with Crippen molar-refractivity contribution in [2.75, 3.05) is 0 Å². The minimum absolute atomic E-state index is 0.315. The van der Waals surface area contributed by atoms with E-state index < -0.39 is 10.2 Å². The van der Waals surface area contributed by atoms with E-state index in [1.54, 1.807) is 0 Å². The second-order valence-corrected chi connectivity index (χ2v) is 3.07. The molecule has 2 nitrogen and oxygen atoms in total. The molecule has 0 aromatic heterocycles. The van der Waals surface area contributed by atoms with Crippen LogP contribution >= 0.6 is 0 Å². The van der Waals surface area contributed by atoms with Crippen molar-refractivity contribution in [1.29, 1.82) is 0 Å². The highest BCUT2D eigenvalue weighted by Crippen LogP contribution is 2.04. The Hall–Kier alpha value is -0.120. The zero-order valence-electron chi connectivity index (χ0n) is 5.30. The van der Waals surface area contributed by atoms with Crippen LogP contribution in [0.1, 0.15) is 26.2 Å². The van der Waals surface area contributed by atoms with Gasteiger partial charge in [-0.15, -0.1) is 3.89 Å². The van der Waals surface area contributed by atoms with Crippen molar-refractivity contribution in [2.24, 2.45) is 0 Å². The Morgan fingerprint density at radius 2 is 2.11 bits per heavy atom. The first kappa shape index (κ1) is 8.88. The van der Waals surface area contributed by atoms with Gasteiger partial charge in [0.2, 0.25) is 0 Å². The van der Waals surface area contributed by atoms with E-state index in [4.69, 9.17) is 0 Å². The number of rotatable bonds is 4. The smallest absolute Gasteiger partial charge is 0.195 e. The molecule has 0 fully saturated rings. The average molecular weight is 153 g/mol. The van der Waals surface area contributed by atoms with Crippen molar-refractivity contribution in [3.63, 3.8) is 0 Å². The highest BCUT2D eigenvalue weighted by Gasteiger charge is 2.05. The Labute approximate surface area is 55.3 Å². The quantitative estimate of drug-likeness (QED) is 0.454. The van der Waals surface area contributed by atoms with Crippen LogP contribution in [0.2, 0.25) is 0 Å². The zero-order chi connectivity index (χ0) is 7.33. The Bertz CT molecular complexity index is 150. The van der Waals surface area contributed by atoms with Gasteiger partial charge in [-0.1, -0.05) is 19.8 Å². The summed E-state index contributed by atoms with van der Waals surface area (Å²) in [5, 5.41) is 0. The van der Waals surface area contributed by atoms with Crippen molar-refractivity contribution in [3.8, 4) is 0 Å². The van der Waals surface area contributed by atoms with Gasteiger partial charge < -0.3 is 0 Å². The fourth-order valence-electron chi connectivity index (χ4n) is 0.428. The van der Waals surface area contributed by atoms with Crippen LogP contribution in [0.4, 0.5) is 3.89 Å². The van der Waals surface area contributed by atoms with Crippen LogP contribution in [0, 0.1) is 5.75 Å². The number of unbranched alkanes of at least 4 members (excludes halogenated alkanes) is 2. The highest BCUT2D eigenvalue weighted by atomic mass is 32.3. The summed E-state index contributed by atoms with van der Waals surface area (Å²) in [7, 11) is -4.32. The molecule has 9 heavy (non-hydrogen) atoms. The zero-order valence-corrected chi connectivity index (χ0v) is 6.12. The lowest BCUT2D eigenvalue weighted by molar-refractivity contribution is 0.555. The summed E-state index contributed by atoms with van der Waals surface area (Å²) in [6, 6.07) is 0. The van der Waals surface area contributed by atoms with Gasteiger partial charge in [0.05, 0.1) is 0 Å². The summed E-state index contributed by atoms with van der Waals surface area (Å²) in [4.78, 5) is 0. The van der Waals surface area contributed by atoms with Crippen LogP contribution in [-0.2, 0) is 10.2 Å². The Morgan fingerprint density at radius 1 is 1.56 bits per heavy atom. The van der Waals surface area contributed by atoms with Crippen molar-refractivity contribution >= 4 is 10.2 Å². The molecule has 0 spiro atoms. The van der Waals surface area contributed by atoms with Crippen molar-refractivity contribution in [2.45, 2.75) is 26.2 Å². The third kappa shape index (κ3) is 7.88. The standard InChI is InChI=1S/C5H10FO2S/c1-2-3-4-5-9(6,7)8/h5H,2-4H2,1H3. The third-order valence-corrected chi connectivity index (χ3v) is 1.51. The Balaban J connectivity index is 3.30. The molecule has 0 atom stereocenters. The predicted octanol–water partition coefficient (Wildman–Crippen LogP) is 1.64. The number of hydrogen-bond acceptors (Lipinski definition) is 2. The molecule has 55 valence electrons. The number of halogens is 1. The topological polar surface area (TPSA) is 34.1 Å². The van der Waals surface area contributed by atoms with Crippen LogP contribution < -0.4 is 0 Å². The van der Waals surface area contributed by atoms with Gasteiger partial charge >= 0.3 is 10.2 Å². The minimum Gasteiger partial charge on any atom is -0.195 e. The van der Waals surface area contributed by atoms with E-state index in [-0.39, 0.29) is 0 Å². The van der Waals surface area contributed by atoms with E-state index in [1.165, 1.54) is 0 Å². The maximum absolute atomic E-state index is 11.6. The summed E-state index contributed by atoms with van der Waals surface area (Å²) >= 11 is 0. The molecule has 0 N–H and O–H groups in total. The fourth-order valence-corrected chi connectivity index (χ4v) is 0.876. The van der Waals surface area contributed by atoms with Crippen LogP contribution in [0.3, 0.4) is 0 Å². The van der Waals surface area contributed by atoms with Gasteiger partial charge in [0.25, 0.3) is 0 Å². The van der Waals surface area contributed by atoms with Gasteiger partial charge in [0.15, 0.2) is 0 Å². The van der Waals surface area contributed by atoms with E-state index in [9.17, 15) is 12.3 Å². The molecule has 0 aromatic carbocycles. The van der Waals surface area contributed by atoms with Gasteiger partial charge in [-0.05, 0) is 6.42 Å². The molecule has 0 heterocycles. The second-order valence-electron chi connectivity index (χ2n) is 1.78. The van der Waals surface area contributed by atoms with E-state index >= 15 is 0 Å². The van der Waals surface area contributed by atoms with Crippen LogP contribution in [0.25, 0.3) is 0 Å². The number of hydrogen-bond donors (Lipinski definition) is 0. The van der Waals surface area contributed by atoms with Crippen molar-refractivity contribution < 1.29 is 12.3 Å². The molecule has 0 aliphatic rings. The molecule has 4 heteroatoms. The lowest BCUT2D eigenvalue weighted by atomic mass is 10.3. The van der Waals surface area contributed by atoms with Crippen LogP contribution in [0.15, 0.2) is 0 Å². The second kappa shape index (κ2) is 3.82. The maximum atomic E-state index is 11.6. The average Bonchev–Trinajstić information content (AvgIpc) is 1.63. The summed E-state index contributed by atoms with van der Waals surface area (Å²) in [6.07, 6.45) is 1.92. The van der Waals surface area contributed by atoms with E-state index in [2.05, 4.69) is 0 Å². The summed E-state index contributed by atoms with van der Waals surface area (Å²) < 4.78 is 31.2. The molecular formula is C5H10FO2S. The molecule has 0 rings (SSSR count). The largest absolute Gasteiger partial charge is 0.306 e. The molecule has 0 aliphatic carbocycles. The van der Waals surface area contributed by atoms with E-state index in [1.807, 2.05) is 6.92 Å². The van der Waals surface area contributed by atoms with Crippen molar-refractivity contribution in [1.82, 2.24) is 0 Å². The van der Waals surface area contributed by atoms with Gasteiger partial charge in [0, 0.05) is 0 Å². The molecule has 0 aromatic rings. The molecule has 0 aliphatic heterocycles. The highest BCUT2D eigenvalue weighted by molar-refractivity contribution is 7.88. The summed E-state index contributed by atoms with van der Waals surface area (Å²) in [6.45, 7) is 1.92. The van der Waals surface area contributed by atoms with E-state index in [0.717, 1.165) is 12.8 Å². The maximum Gasteiger partial charge on any atom is 0.306 e. The van der Waals surface area contributed by atoms with Crippen LogP contribution in [0.5, 0.6) is 0 Å². The molecule has 0 bridgehead atoms. The molecule has 1 radical (unpaired) electrons. The Kier molecular flexibility index (Phi) is 3.77. The fraction of sp³-hybridized carbons (Fsp3) is 0.800. The Morgan fingerprint density at radius 3 is 2.44 bits per heavy atom. The van der Waals surface area contributed by atoms with Gasteiger partial charge in [-0.2, -0.15) is 8.42 Å². The monoisotopic (exact) mass is 153 g/mol. The third-order valence-electron chi connectivity index (χ3n) is 0.875. The van der Waals surface area contributed by atoms with E-state index in [0.29, 0.717) is 12.2 Å².